The lowest BCUT2D eigenvalue weighted by Crippen LogP contribution is -2.44. The Kier molecular flexibility index (Phi) is 4.63. The number of nitrogens with zero attached hydrogens (tertiary/aromatic N) is 1. The van der Waals surface area contributed by atoms with Crippen molar-refractivity contribution >= 4 is 17.7 Å². The Bertz CT molecular complexity index is 577. The van der Waals surface area contributed by atoms with Crippen LogP contribution in [-0.4, -0.2) is 47.6 Å². The molecule has 1 aromatic rings. The van der Waals surface area contributed by atoms with Crippen LogP contribution in [0.1, 0.15) is 47.2 Å². The zero-order valence-electron chi connectivity index (χ0n) is 13.6. The Labute approximate surface area is 142 Å². The summed E-state index contributed by atoms with van der Waals surface area (Å²) in [5.74, 6) is 2.45. The van der Waals surface area contributed by atoms with E-state index in [4.69, 9.17) is 4.74 Å². The molecule has 1 amide bonds. The molecule has 2 saturated heterocycles. The number of hydrogen-bond donors (Lipinski definition) is 0. The number of fused-ring (bicyclic) bond motifs is 1. The molecule has 0 aromatic heterocycles. The molecule has 2 heterocycles. The van der Waals surface area contributed by atoms with Crippen LogP contribution in [0.5, 0.6) is 0 Å². The Morgan fingerprint density at radius 2 is 2.13 bits per heavy atom. The van der Waals surface area contributed by atoms with Gasteiger partial charge in [-0.25, -0.2) is 0 Å². The highest BCUT2D eigenvalue weighted by Gasteiger charge is 2.31. The summed E-state index contributed by atoms with van der Waals surface area (Å²) < 4.78 is 5.80. The van der Waals surface area contributed by atoms with Gasteiger partial charge in [-0.3, -0.25) is 4.79 Å². The maximum Gasteiger partial charge on any atom is 0.254 e. The van der Waals surface area contributed by atoms with E-state index >= 15 is 0 Å². The molecular formula is C19H25NO2S. The molecule has 1 aliphatic carbocycles. The van der Waals surface area contributed by atoms with E-state index in [0.29, 0.717) is 6.04 Å². The van der Waals surface area contributed by atoms with Crippen molar-refractivity contribution in [2.45, 2.75) is 50.7 Å². The quantitative estimate of drug-likeness (QED) is 0.848. The van der Waals surface area contributed by atoms with E-state index in [2.05, 4.69) is 17.0 Å². The van der Waals surface area contributed by atoms with Crippen LogP contribution in [0.3, 0.4) is 0 Å². The molecule has 2 unspecified atom stereocenters. The fourth-order valence-corrected chi connectivity index (χ4v) is 5.27. The summed E-state index contributed by atoms with van der Waals surface area (Å²) in [7, 11) is 0. The van der Waals surface area contributed by atoms with Crippen LogP contribution < -0.4 is 0 Å². The van der Waals surface area contributed by atoms with Gasteiger partial charge in [0.1, 0.15) is 0 Å². The molecule has 3 aliphatic rings. The van der Waals surface area contributed by atoms with Gasteiger partial charge in [0.15, 0.2) is 0 Å². The number of benzene rings is 1. The Morgan fingerprint density at radius 1 is 1.22 bits per heavy atom. The van der Waals surface area contributed by atoms with Gasteiger partial charge in [-0.1, -0.05) is 6.07 Å². The highest BCUT2D eigenvalue weighted by molar-refractivity contribution is 7.99. The van der Waals surface area contributed by atoms with Gasteiger partial charge in [0.05, 0.1) is 6.10 Å². The summed E-state index contributed by atoms with van der Waals surface area (Å²) in [4.78, 5) is 15.3. The molecule has 0 radical (unpaired) electrons. The lowest BCUT2D eigenvalue weighted by Gasteiger charge is -2.31. The second-order valence-corrected chi connectivity index (χ2v) is 8.10. The minimum Gasteiger partial charge on any atom is -0.376 e. The van der Waals surface area contributed by atoms with Gasteiger partial charge in [0.2, 0.25) is 0 Å². The average molecular weight is 331 g/mol. The first-order valence-electron chi connectivity index (χ1n) is 8.93. The first-order chi connectivity index (χ1) is 11.3. The highest BCUT2D eigenvalue weighted by Crippen LogP contribution is 2.28. The summed E-state index contributed by atoms with van der Waals surface area (Å²) in [6.45, 7) is 1.62. The SMILES string of the molecule is O=C(c1ccc2c(c1)CCC2)N(CC1CCCO1)C1CCSC1. The predicted molar refractivity (Wildman–Crippen MR) is 94.2 cm³/mol. The third kappa shape index (κ3) is 3.29. The summed E-state index contributed by atoms with van der Waals surface area (Å²) in [6, 6.07) is 6.74. The van der Waals surface area contributed by atoms with E-state index < -0.39 is 0 Å². The van der Waals surface area contributed by atoms with Gasteiger partial charge in [-0.2, -0.15) is 11.8 Å². The van der Waals surface area contributed by atoms with Crippen molar-refractivity contribution < 1.29 is 9.53 Å². The zero-order chi connectivity index (χ0) is 15.6. The summed E-state index contributed by atoms with van der Waals surface area (Å²) in [5.41, 5.74) is 3.69. The van der Waals surface area contributed by atoms with Crippen LogP contribution in [-0.2, 0) is 17.6 Å². The van der Waals surface area contributed by atoms with Crippen molar-refractivity contribution in [3.63, 3.8) is 0 Å². The lowest BCUT2D eigenvalue weighted by molar-refractivity contribution is 0.0441. The fourth-order valence-electron chi connectivity index (χ4n) is 4.04. The largest absolute Gasteiger partial charge is 0.376 e. The number of carbonyl (C=O) groups excluding carboxylic acids is 1. The Hall–Kier alpha value is -1.00. The molecule has 2 atom stereocenters. The molecule has 0 N–H and O–H groups in total. The molecule has 1 aromatic carbocycles. The first kappa shape index (κ1) is 15.5. The van der Waals surface area contributed by atoms with Crippen molar-refractivity contribution in [1.82, 2.24) is 4.90 Å². The summed E-state index contributed by atoms with van der Waals surface area (Å²) in [6.07, 6.45) is 7.10. The van der Waals surface area contributed by atoms with Gasteiger partial charge in [0, 0.05) is 30.5 Å². The smallest absolute Gasteiger partial charge is 0.254 e. The number of ether oxygens (including phenoxy) is 1. The molecule has 0 saturated carbocycles. The maximum absolute atomic E-state index is 13.2. The van der Waals surface area contributed by atoms with Crippen molar-refractivity contribution in [3.05, 3.63) is 34.9 Å². The van der Waals surface area contributed by atoms with Crippen molar-refractivity contribution in [3.8, 4) is 0 Å². The van der Waals surface area contributed by atoms with Gasteiger partial charge in [-0.05, 0) is 67.5 Å². The van der Waals surface area contributed by atoms with Crippen molar-refractivity contribution in [1.29, 1.82) is 0 Å². The monoisotopic (exact) mass is 331 g/mol. The van der Waals surface area contributed by atoms with Crippen LogP contribution >= 0.6 is 11.8 Å². The number of rotatable bonds is 4. The van der Waals surface area contributed by atoms with E-state index in [1.807, 2.05) is 17.8 Å². The van der Waals surface area contributed by atoms with Crippen LogP contribution in [0.25, 0.3) is 0 Å². The second-order valence-electron chi connectivity index (χ2n) is 6.95. The number of amides is 1. The van der Waals surface area contributed by atoms with E-state index in [9.17, 15) is 4.79 Å². The standard InChI is InChI=1S/C19H25NO2S/c21-19(16-7-6-14-3-1-4-15(14)11-16)20(17-8-10-23-13-17)12-18-5-2-9-22-18/h6-7,11,17-18H,1-5,8-10,12-13H2. The topological polar surface area (TPSA) is 29.5 Å². The summed E-state index contributed by atoms with van der Waals surface area (Å²) in [5, 5.41) is 0. The first-order valence-corrected chi connectivity index (χ1v) is 10.1. The van der Waals surface area contributed by atoms with E-state index in [1.54, 1.807) is 0 Å². The molecule has 4 heteroatoms. The van der Waals surface area contributed by atoms with Crippen LogP contribution in [0.4, 0.5) is 0 Å². The van der Waals surface area contributed by atoms with Gasteiger partial charge in [0.25, 0.3) is 5.91 Å². The van der Waals surface area contributed by atoms with Gasteiger partial charge < -0.3 is 9.64 Å². The second kappa shape index (κ2) is 6.86. The number of aryl methyl sites for hydroxylation is 2. The number of hydrogen-bond acceptors (Lipinski definition) is 3. The minimum absolute atomic E-state index is 0.211. The molecule has 23 heavy (non-hydrogen) atoms. The third-order valence-corrected chi connectivity index (χ3v) is 6.52. The van der Waals surface area contributed by atoms with Gasteiger partial charge in [-0.15, -0.1) is 0 Å². The van der Waals surface area contributed by atoms with Gasteiger partial charge >= 0.3 is 0 Å². The Balaban J connectivity index is 1.55. The normalized spacial score (nSPS) is 26.4. The molecular weight excluding hydrogens is 306 g/mol. The van der Waals surface area contributed by atoms with Crippen LogP contribution in [0.15, 0.2) is 18.2 Å². The molecule has 2 aliphatic heterocycles. The van der Waals surface area contributed by atoms with Crippen molar-refractivity contribution in [2.24, 2.45) is 0 Å². The third-order valence-electron chi connectivity index (χ3n) is 5.38. The molecule has 3 nitrogen and oxygen atoms in total. The molecule has 124 valence electrons. The highest BCUT2D eigenvalue weighted by atomic mass is 32.2. The van der Waals surface area contributed by atoms with E-state index in [-0.39, 0.29) is 12.0 Å². The average Bonchev–Trinajstić information content (AvgIpc) is 3.33. The molecule has 0 spiro atoms. The maximum atomic E-state index is 13.2. The number of thioether (sulfide) groups is 1. The Morgan fingerprint density at radius 3 is 2.91 bits per heavy atom. The van der Waals surface area contributed by atoms with E-state index in [0.717, 1.165) is 50.2 Å². The molecule has 2 fully saturated rings. The van der Waals surface area contributed by atoms with Crippen molar-refractivity contribution in [2.75, 3.05) is 24.7 Å². The summed E-state index contributed by atoms with van der Waals surface area (Å²) >= 11 is 1.97. The van der Waals surface area contributed by atoms with E-state index in [1.165, 1.54) is 29.7 Å². The predicted octanol–water partition coefficient (Wildman–Crippen LogP) is 3.30. The minimum atomic E-state index is 0.211. The lowest BCUT2D eigenvalue weighted by atomic mass is 10.0. The molecule has 0 bridgehead atoms. The number of carbonyl (C=O) groups is 1. The molecule has 4 rings (SSSR count). The van der Waals surface area contributed by atoms with Crippen LogP contribution in [0, 0.1) is 0 Å². The zero-order valence-corrected chi connectivity index (χ0v) is 14.4. The van der Waals surface area contributed by atoms with Crippen LogP contribution in [0.2, 0.25) is 0 Å². The fraction of sp³-hybridized carbons (Fsp3) is 0.632.